The lowest BCUT2D eigenvalue weighted by Crippen LogP contribution is -2.47. The lowest BCUT2D eigenvalue weighted by Gasteiger charge is -2.35. The zero-order chi connectivity index (χ0) is 12.1. The first-order chi connectivity index (χ1) is 8.31. The van der Waals surface area contributed by atoms with Gasteiger partial charge in [0, 0.05) is 30.3 Å². The highest BCUT2D eigenvalue weighted by atomic mass is 32.2. The Morgan fingerprint density at radius 1 is 1.47 bits per heavy atom. The smallest absolute Gasteiger partial charge is 0.236 e. The van der Waals surface area contributed by atoms with Crippen LogP contribution >= 0.6 is 23.5 Å². The summed E-state index contributed by atoms with van der Waals surface area (Å²) in [4.78, 5) is 14.5. The summed E-state index contributed by atoms with van der Waals surface area (Å²) < 4.78 is 0. The Morgan fingerprint density at radius 3 is 3.06 bits per heavy atom. The van der Waals surface area contributed by atoms with Gasteiger partial charge in [-0.15, -0.1) is 11.8 Å². The third kappa shape index (κ3) is 3.80. The molecule has 2 aliphatic rings. The molecule has 0 aromatic rings. The minimum absolute atomic E-state index is 0.224. The lowest BCUT2D eigenvalue weighted by molar-refractivity contribution is -0.131. The van der Waals surface area contributed by atoms with Crippen LogP contribution in [0.15, 0.2) is 0 Å². The van der Waals surface area contributed by atoms with E-state index in [1.165, 1.54) is 18.6 Å². The zero-order valence-corrected chi connectivity index (χ0v) is 12.1. The van der Waals surface area contributed by atoms with Crippen molar-refractivity contribution in [3.8, 4) is 0 Å². The molecule has 17 heavy (non-hydrogen) atoms. The van der Waals surface area contributed by atoms with Crippen LogP contribution in [0, 0.1) is 5.92 Å². The molecule has 0 spiro atoms. The van der Waals surface area contributed by atoms with Gasteiger partial charge in [-0.25, -0.2) is 0 Å². The van der Waals surface area contributed by atoms with Crippen molar-refractivity contribution in [3.63, 3.8) is 0 Å². The molecule has 2 rings (SSSR count). The maximum atomic E-state index is 12.4. The van der Waals surface area contributed by atoms with Gasteiger partial charge < -0.3 is 10.2 Å². The molecule has 0 radical (unpaired) electrons. The molecule has 0 aliphatic carbocycles. The fraction of sp³-hybridized carbons (Fsp3) is 0.917. The Kier molecular flexibility index (Phi) is 5.50. The molecule has 2 heterocycles. The first-order valence-electron chi connectivity index (χ1n) is 6.44. The van der Waals surface area contributed by atoms with E-state index in [0.717, 1.165) is 31.1 Å². The topological polar surface area (TPSA) is 32.3 Å². The average Bonchev–Trinajstić information content (AvgIpc) is 2.40. The van der Waals surface area contributed by atoms with Crippen molar-refractivity contribution in [2.45, 2.75) is 18.1 Å². The maximum Gasteiger partial charge on any atom is 0.236 e. The third-order valence-corrected chi connectivity index (χ3v) is 6.16. The zero-order valence-electron chi connectivity index (χ0n) is 10.5. The second-order valence-corrected chi connectivity index (χ2v) is 7.24. The van der Waals surface area contributed by atoms with Gasteiger partial charge in [0.2, 0.25) is 5.91 Å². The van der Waals surface area contributed by atoms with Crippen molar-refractivity contribution in [3.05, 3.63) is 0 Å². The van der Waals surface area contributed by atoms with Gasteiger partial charge in [0.15, 0.2) is 0 Å². The van der Waals surface area contributed by atoms with Crippen molar-refractivity contribution in [1.82, 2.24) is 10.2 Å². The highest BCUT2D eigenvalue weighted by Gasteiger charge is 2.30. The number of nitrogens with one attached hydrogen (secondary N) is 1. The van der Waals surface area contributed by atoms with Crippen molar-refractivity contribution in [2.75, 3.05) is 43.9 Å². The van der Waals surface area contributed by atoms with Crippen LogP contribution < -0.4 is 5.32 Å². The summed E-state index contributed by atoms with van der Waals surface area (Å²) in [6.45, 7) is 2.97. The Hall–Kier alpha value is 0.130. The Bertz CT molecular complexity index is 255. The lowest BCUT2D eigenvalue weighted by atomic mass is 9.98. The number of likely N-dealkylation sites (tertiary alicyclic amines) is 1. The predicted octanol–water partition coefficient (Wildman–Crippen LogP) is 1.29. The minimum atomic E-state index is 0.224. The summed E-state index contributed by atoms with van der Waals surface area (Å²) in [7, 11) is 1.99. The number of thioether (sulfide) groups is 2. The van der Waals surface area contributed by atoms with Gasteiger partial charge >= 0.3 is 0 Å². The summed E-state index contributed by atoms with van der Waals surface area (Å²) >= 11 is 3.78. The molecule has 0 aromatic carbocycles. The van der Waals surface area contributed by atoms with E-state index in [0.29, 0.717) is 11.8 Å². The molecular formula is C12H22N2OS2. The average molecular weight is 274 g/mol. The third-order valence-electron chi connectivity index (χ3n) is 3.41. The summed E-state index contributed by atoms with van der Waals surface area (Å²) in [5.74, 6) is 4.39. The van der Waals surface area contributed by atoms with E-state index in [1.54, 1.807) is 0 Å². The van der Waals surface area contributed by atoms with E-state index in [2.05, 4.69) is 10.2 Å². The van der Waals surface area contributed by atoms with Crippen LogP contribution in [0.3, 0.4) is 0 Å². The van der Waals surface area contributed by atoms with Crippen LogP contribution in [0.1, 0.15) is 12.8 Å². The predicted molar refractivity (Wildman–Crippen MR) is 76.8 cm³/mol. The van der Waals surface area contributed by atoms with Gasteiger partial charge in [-0.05, 0) is 32.4 Å². The highest BCUT2D eigenvalue weighted by Crippen LogP contribution is 2.27. The molecule has 2 saturated heterocycles. The Morgan fingerprint density at radius 2 is 2.35 bits per heavy atom. The van der Waals surface area contributed by atoms with Gasteiger partial charge in [-0.3, -0.25) is 4.79 Å². The molecule has 0 saturated carbocycles. The molecule has 1 N–H and O–H groups in total. The summed E-state index contributed by atoms with van der Waals surface area (Å²) in [6.07, 6.45) is 2.43. The number of carbonyl (C=O) groups excluding carboxylic acids is 1. The van der Waals surface area contributed by atoms with Crippen LogP contribution in [0.5, 0.6) is 0 Å². The Labute approximate surface area is 112 Å². The molecule has 1 amide bonds. The van der Waals surface area contributed by atoms with E-state index in [4.69, 9.17) is 0 Å². The number of hydrogen-bond acceptors (Lipinski definition) is 4. The van der Waals surface area contributed by atoms with Gasteiger partial charge in [-0.2, -0.15) is 11.8 Å². The normalized spacial score (nSPS) is 30.3. The molecule has 3 nitrogen and oxygen atoms in total. The second-order valence-electron chi connectivity index (χ2n) is 4.78. The van der Waals surface area contributed by atoms with E-state index >= 15 is 0 Å². The molecular weight excluding hydrogens is 252 g/mol. The van der Waals surface area contributed by atoms with E-state index in [9.17, 15) is 4.79 Å². The fourth-order valence-corrected chi connectivity index (χ4v) is 5.18. The number of nitrogens with zero attached hydrogens (tertiary/aromatic N) is 1. The van der Waals surface area contributed by atoms with Crippen LogP contribution in [0.2, 0.25) is 0 Å². The maximum absolute atomic E-state index is 12.4. The summed E-state index contributed by atoms with van der Waals surface area (Å²) in [5, 5.41) is 3.45. The number of amides is 1. The standard InChI is InChI=1S/C12H22N2OS2/c1-13-7-10-3-2-4-14(8-10)12(15)11-9-16-5-6-17-11/h10-11,13H,2-9H2,1H3. The van der Waals surface area contributed by atoms with Gasteiger partial charge in [0.05, 0.1) is 5.25 Å². The van der Waals surface area contributed by atoms with Gasteiger partial charge in [-0.1, -0.05) is 0 Å². The van der Waals surface area contributed by atoms with Crippen LogP contribution in [0.4, 0.5) is 0 Å². The number of piperidine rings is 1. The largest absolute Gasteiger partial charge is 0.341 e. The summed E-state index contributed by atoms with van der Waals surface area (Å²) in [6, 6.07) is 0. The fourth-order valence-electron chi connectivity index (χ4n) is 2.55. The van der Waals surface area contributed by atoms with E-state index in [-0.39, 0.29) is 5.25 Å². The monoisotopic (exact) mass is 274 g/mol. The minimum Gasteiger partial charge on any atom is -0.341 e. The molecule has 98 valence electrons. The molecule has 5 heteroatoms. The molecule has 0 bridgehead atoms. The van der Waals surface area contributed by atoms with E-state index < -0.39 is 0 Å². The van der Waals surface area contributed by atoms with Gasteiger partial charge in [0.25, 0.3) is 0 Å². The number of carbonyl (C=O) groups is 1. The van der Waals surface area contributed by atoms with Crippen molar-refractivity contribution < 1.29 is 4.79 Å². The number of rotatable bonds is 3. The van der Waals surface area contributed by atoms with Crippen molar-refractivity contribution in [1.29, 1.82) is 0 Å². The molecule has 0 aromatic heterocycles. The molecule has 2 unspecified atom stereocenters. The van der Waals surface area contributed by atoms with Crippen LogP contribution in [-0.2, 0) is 4.79 Å². The molecule has 2 atom stereocenters. The van der Waals surface area contributed by atoms with E-state index in [1.807, 2.05) is 30.6 Å². The summed E-state index contributed by atoms with van der Waals surface area (Å²) in [5.41, 5.74) is 0. The SMILES string of the molecule is CNCC1CCCN(C(=O)C2CSCCS2)C1. The van der Waals surface area contributed by atoms with Gasteiger partial charge in [0.1, 0.15) is 0 Å². The van der Waals surface area contributed by atoms with Crippen LogP contribution in [0.25, 0.3) is 0 Å². The first kappa shape index (κ1) is 13.6. The quantitative estimate of drug-likeness (QED) is 0.841. The molecule has 2 fully saturated rings. The first-order valence-corrected chi connectivity index (χ1v) is 8.64. The second kappa shape index (κ2) is 6.90. The van der Waals surface area contributed by atoms with Crippen molar-refractivity contribution in [2.24, 2.45) is 5.92 Å². The van der Waals surface area contributed by atoms with Crippen molar-refractivity contribution >= 4 is 29.4 Å². The number of hydrogen-bond donors (Lipinski definition) is 1. The molecule has 2 aliphatic heterocycles. The Balaban J connectivity index is 1.85. The highest BCUT2D eigenvalue weighted by molar-refractivity contribution is 8.07. The van der Waals surface area contributed by atoms with Crippen LogP contribution in [-0.4, -0.2) is 60.0 Å².